The highest BCUT2D eigenvalue weighted by Crippen LogP contribution is 2.46. The molecule has 0 spiro atoms. The van der Waals surface area contributed by atoms with Gasteiger partial charge in [0.1, 0.15) is 12.3 Å². The van der Waals surface area contributed by atoms with E-state index >= 15 is 0 Å². The average molecular weight is 260 g/mol. The van der Waals surface area contributed by atoms with Crippen molar-refractivity contribution in [1.82, 2.24) is 4.90 Å². The topological polar surface area (TPSA) is 41.8 Å². The van der Waals surface area contributed by atoms with Gasteiger partial charge in [-0.05, 0) is 25.8 Å². The van der Waals surface area contributed by atoms with Crippen LogP contribution in [0.4, 0.5) is 0 Å². The molecule has 5 atom stereocenters. The van der Waals surface area contributed by atoms with Crippen LogP contribution in [0.1, 0.15) is 38.8 Å². The van der Waals surface area contributed by atoms with Crippen LogP contribution in [0, 0.1) is 5.92 Å². The van der Waals surface area contributed by atoms with Crippen LogP contribution in [0.3, 0.4) is 0 Å². The second-order valence-electron chi connectivity index (χ2n) is 6.27. The molecule has 2 N–H and O–H groups in total. The first-order chi connectivity index (χ1) is 9.04. The van der Waals surface area contributed by atoms with E-state index in [0.717, 1.165) is 13.0 Å². The highest BCUT2D eigenvalue weighted by atomic mass is 16.6. The molecule has 0 bridgehead atoms. The molecule has 2 aliphatic heterocycles. The Bertz CT molecular complexity index is 445. The smallest absolute Gasteiger partial charge is 0.138 e. The normalized spacial score (nSPS) is 39.7. The Morgan fingerprint density at radius 1 is 1.42 bits per heavy atom. The van der Waals surface area contributed by atoms with Gasteiger partial charge in [0, 0.05) is 24.0 Å². The molecule has 0 saturated carbocycles. The van der Waals surface area contributed by atoms with Crippen molar-refractivity contribution in [2.24, 2.45) is 11.7 Å². The third-order valence-electron chi connectivity index (χ3n) is 4.81. The third-order valence-corrected chi connectivity index (χ3v) is 4.81. The van der Waals surface area contributed by atoms with Gasteiger partial charge in [0.25, 0.3) is 0 Å². The maximum atomic E-state index is 6.53. The Labute approximate surface area is 115 Å². The molecule has 4 unspecified atom stereocenters. The summed E-state index contributed by atoms with van der Waals surface area (Å²) in [7, 11) is 0. The quantitative estimate of drug-likeness (QED) is 0.849. The van der Waals surface area contributed by atoms with Gasteiger partial charge in [-0.15, -0.1) is 0 Å². The zero-order valence-electron chi connectivity index (χ0n) is 12.0. The van der Waals surface area contributed by atoms with Crippen molar-refractivity contribution in [2.75, 3.05) is 6.54 Å². The minimum absolute atomic E-state index is 0.157. The average Bonchev–Trinajstić information content (AvgIpc) is 3.17. The molecule has 3 nitrogen and oxygen atoms in total. The molecule has 0 aliphatic carbocycles. The van der Waals surface area contributed by atoms with E-state index in [0.29, 0.717) is 18.1 Å². The highest BCUT2D eigenvalue weighted by Gasteiger charge is 2.58. The number of epoxide rings is 1. The van der Waals surface area contributed by atoms with E-state index in [1.807, 2.05) is 0 Å². The van der Waals surface area contributed by atoms with E-state index in [4.69, 9.17) is 10.5 Å². The summed E-state index contributed by atoms with van der Waals surface area (Å²) >= 11 is 0. The minimum Gasteiger partial charge on any atom is -0.353 e. The van der Waals surface area contributed by atoms with Gasteiger partial charge in [-0.2, -0.15) is 0 Å². The molecule has 104 valence electrons. The van der Waals surface area contributed by atoms with Crippen LogP contribution in [0.2, 0.25) is 0 Å². The largest absolute Gasteiger partial charge is 0.353 e. The van der Waals surface area contributed by atoms with Gasteiger partial charge in [-0.25, -0.2) is 0 Å². The molecule has 19 heavy (non-hydrogen) atoms. The van der Waals surface area contributed by atoms with Gasteiger partial charge in [0.05, 0.1) is 0 Å². The lowest BCUT2D eigenvalue weighted by molar-refractivity contribution is 0.0745. The zero-order valence-corrected chi connectivity index (χ0v) is 12.0. The molecule has 3 rings (SSSR count). The van der Waals surface area contributed by atoms with Crippen LogP contribution in [0.15, 0.2) is 30.3 Å². The number of nitrogens with two attached hydrogens (primary N) is 1. The lowest BCUT2D eigenvalue weighted by Gasteiger charge is -2.43. The number of ether oxygens (including phenoxy) is 1. The molecule has 2 heterocycles. The fourth-order valence-corrected chi connectivity index (χ4v) is 3.63. The van der Waals surface area contributed by atoms with Crippen LogP contribution in [0.5, 0.6) is 0 Å². The summed E-state index contributed by atoms with van der Waals surface area (Å²) in [5.41, 5.74) is 7.71. The van der Waals surface area contributed by atoms with E-state index in [-0.39, 0.29) is 11.8 Å². The van der Waals surface area contributed by atoms with Crippen molar-refractivity contribution in [1.29, 1.82) is 0 Å². The summed E-state index contributed by atoms with van der Waals surface area (Å²) < 4.78 is 5.92. The maximum Gasteiger partial charge on any atom is 0.138 e. The summed E-state index contributed by atoms with van der Waals surface area (Å²) in [6, 6.07) is 11.0. The summed E-state index contributed by atoms with van der Waals surface area (Å²) in [5.74, 6) is 0.483. The van der Waals surface area contributed by atoms with Gasteiger partial charge in [-0.3, -0.25) is 4.90 Å². The van der Waals surface area contributed by atoms with Crippen molar-refractivity contribution < 1.29 is 4.74 Å². The van der Waals surface area contributed by atoms with E-state index in [9.17, 15) is 0 Å². The number of nitrogens with zero attached hydrogens (tertiary/aromatic N) is 1. The van der Waals surface area contributed by atoms with Crippen molar-refractivity contribution in [3.8, 4) is 0 Å². The van der Waals surface area contributed by atoms with E-state index < -0.39 is 0 Å². The molecular formula is C16H24N2O. The number of benzene rings is 1. The third kappa shape index (κ3) is 2.20. The first-order valence-corrected chi connectivity index (χ1v) is 7.29. The highest BCUT2D eigenvalue weighted by molar-refractivity contribution is 5.20. The predicted octanol–water partition coefficient (Wildman–Crippen LogP) is 2.53. The first-order valence-electron chi connectivity index (χ1n) is 7.29. The molecular weight excluding hydrogens is 236 g/mol. The number of rotatable bonds is 3. The minimum atomic E-state index is -0.157. The van der Waals surface area contributed by atoms with E-state index in [1.165, 1.54) is 5.56 Å². The van der Waals surface area contributed by atoms with Crippen LogP contribution in [-0.2, 0) is 4.74 Å². The molecule has 1 aromatic rings. The first kappa shape index (κ1) is 13.1. The Morgan fingerprint density at radius 3 is 2.74 bits per heavy atom. The van der Waals surface area contributed by atoms with Gasteiger partial charge in [-0.1, -0.05) is 37.3 Å². The summed E-state index contributed by atoms with van der Waals surface area (Å²) in [6.45, 7) is 7.54. The molecule has 0 aromatic heterocycles. The fourth-order valence-electron chi connectivity index (χ4n) is 3.63. The summed E-state index contributed by atoms with van der Waals surface area (Å²) in [4.78, 5) is 2.42. The van der Waals surface area contributed by atoms with Gasteiger partial charge in [0.2, 0.25) is 0 Å². The number of piperidine rings is 1. The summed E-state index contributed by atoms with van der Waals surface area (Å²) in [6.07, 6.45) is 1.71. The standard InChI is InChI=1S/C16H24N2O/c1-4-13-14-15(19-14)18(10-16(13,3)17)11(2)12-8-6-5-7-9-12/h5-9,11,13-15H,4,10,17H2,1-3H3/t11-,13?,14?,15?,16?/m1/s1. The number of hydrogen-bond donors (Lipinski definition) is 1. The molecule has 2 fully saturated rings. The number of hydrogen-bond acceptors (Lipinski definition) is 3. The van der Waals surface area contributed by atoms with E-state index in [1.54, 1.807) is 0 Å². The molecule has 1 aromatic carbocycles. The van der Waals surface area contributed by atoms with Crippen LogP contribution in [0.25, 0.3) is 0 Å². The Balaban J connectivity index is 1.81. The van der Waals surface area contributed by atoms with Gasteiger partial charge < -0.3 is 10.5 Å². The second kappa shape index (κ2) is 4.58. The van der Waals surface area contributed by atoms with Crippen molar-refractivity contribution in [2.45, 2.75) is 51.1 Å². The van der Waals surface area contributed by atoms with Crippen molar-refractivity contribution in [3.63, 3.8) is 0 Å². The van der Waals surface area contributed by atoms with E-state index in [2.05, 4.69) is 56.0 Å². The lowest BCUT2D eigenvalue weighted by Crippen LogP contribution is -2.59. The van der Waals surface area contributed by atoms with Crippen molar-refractivity contribution >= 4 is 0 Å². The van der Waals surface area contributed by atoms with Gasteiger partial charge >= 0.3 is 0 Å². The lowest BCUT2D eigenvalue weighted by atomic mass is 9.78. The Kier molecular flexibility index (Phi) is 3.16. The predicted molar refractivity (Wildman–Crippen MR) is 76.6 cm³/mol. The summed E-state index contributed by atoms with van der Waals surface area (Å²) in [5, 5.41) is 0. The van der Waals surface area contributed by atoms with Crippen molar-refractivity contribution in [3.05, 3.63) is 35.9 Å². The fraction of sp³-hybridized carbons (Fsp3) is 0.625. The zero-order chi connectivity index (χ0) is 13.6. The second-order valence-corrected chi connectivity index (χ2v) is 6.27. The van der Waals surface area contributed by atoms with Crippen LogP contribution < -0.4 is 5.73 Å². The SMILES string of the molecule is CCC1C2OC2N([C@H](C)c2ccccc2)CC1(C)N. The molecule has 3 heteroatoms. The monoisotopic (exact) mass is 260 g/mol. The molecule has 2 saturated heterocycles. The number of fused-ring (bicyclic) bond motifs is 1. The number of likely N-dealkylation sites (tertiary alicyclic amines) is 1. The van der Waals surface area contributed by atoms with Crippen LogP contribution in [-0.4, -0.2) is 29.3 Å². The molecule has 0 amide bonds. The maximum absolute atomic E-state index is 6.53. The van der Waals surface area contributed by atoms with Crippen LogP contribution >= 0.6 is 0 Å². The van der Waals surface area contributed by atoms with Gasteiger partial charge in [0.15, 0.2) is 0 Å². The molecule has 0 radical (unpaired) electrons. The molecule has 2 aliphatic rings. The Hall–Kier alpha value is -0.900. The Morgan fingerprint density at radius 2 is 2.11 bits per heavy atom.